The number of imidazole rings is 1. The zero-order valence-electron chi connectivity index (χ0n) is 16.1. The first-order chi connectivity index (χ1) is 14.2. The van der Waals surface area contributed by atoms with E-state index in [-0.39, 0.29) is 5.82 Å². The molecule has 5 rings (SSSR count). The highest BCUT2D eigenvalue weighted by atomic mass is 19.1. The van der Waals surface area contributed by atoms with E-state index in [0.29, 0.717) is 0 Å². The number of nitrogens with one attached hydrogen (secondary N) is 1. The summed E-state index contributed by atoms with van der Waals surface area (Å²) in [6, 6.07) is 18.8. The van der Waals surface area contributed by atoms with Gasteiger partial charge in [0.25, 0.3) is 0 Å². The lowest BCUT2D eigenvalue weighted by atomic mass is 10.2. The van der Waals surface area contributed by atoms with Gasteiger partial charge in [-0.15, -0.1) is 0 Å². The average molecular weight is 387 g/mol. The largest absolute Gasteiger partial charge is 0.354 e. The summed E-state index contributed by atoms with van der Waals surface area (Å²) in [6.07, 6.45) is 1.93. The molecule has 0 atom stereocenters. The summed E-state index contributed by atoms with van der Waals surface area (Å²) >= 11 is 0. The van der Waals surface area contributed by atoms with Gasteiger partial charge >= 0.3 is 0 Å². The number of fused-ring (bicyclic) bond motifs is 1. The number of hydrogen-bond donors (Lipinski definition) is 1. The second-order valence-electron chi connectivity index (χ2n) is 7.39. The fourth-order valence-corrected chi connectivity index (χ4v) is 3.82. The van der Waals surface area contributed by atoms with Crippen molar-refractivity contribution >= 4 is 16.7 Å². The van der Waals surface area contributed by atoms with Crippen LogP contribution in [0, 0.1) is 5.82 Å². The monoisotopic (exact) mass is 387 g/mol. The Hall–Kier alpha value is -3.25. The third-order valence-electron chi connectivity index (χ3n) is 5.40. The summed E-state index contributed by atoms with van der Waals surface area (Å²) in [5.41, 5.74) is 3.06. The van der Waals surface area contributed by atoms with E-state index in [1.807, 2.05) is 36.5 Å². The molecule has 0 aliphatic carbocycles. The van der Waals surface area contributed by atoms with Crippen LogP contribution in [0.15, 0.2) is 66.9 Å². The summed E-state index contributed by atoms with van der Waals surface area (Å²) < 4.78 is 13.4. The molecule has 1 fully saturated rings. The van der Waals surface area contributed by atoms with E-state index < -0.39 is 0 Å². The summed E-state index contributed by atoms with van der Waals surface area (Å²) in [7, 11) is 0. The summed E-state index contributed by atoms with van der Waals surface area (Å²) in [5.74, 6) is 1.64. The molecule has 0 bridgehead atoms. The van der Waals surface area contributed by atoms with Gasteiger partial charge in [-0.2, -0.15) is 0 Å². The van der Waals surface area contributed by atoms with Crippen LogP contribution in [0.1, 0.15) is 5.69 Å². The molecule has 5 nitrogen and oxygen atoms in total. The molecule has 4 aromatic rings. The highest BCUT2D eigenvalue weighted by Gasteiger charge is 2.19. The number of halogens is 1. The maximum atomic E-state index is 13.4. The Morgan fingerprint density at radius 3 is 2.59 bits per heavy atom. The van der Waals surface area contributed by atoms with Crippen LogP contribution in [-0.4, -0.2) is 46.0 Å². The SMILES string of the molecule is Fc1ccc2nc(N3CCN(Cc4cnc(-c5ccccc5)[nH]4)CC3)ccc2c1. The lowest BCUT2D eigenvalue weighted by Crippen LogP contribution is -2.46. The topological polar surface area (TPSA) is 48.1 Å². The van der Waals surface area contributed by atoms with Crippen molar-refractivity contribution in [2.24, 2.45) is 0 Å². The zero-order valence-corrected chi connectivity index (χ0v) is 16.1. The molecule has 6 heteroatoms. The molecule has 0 saturated carbocycles. The number of aromatic nitrogens is 3. The number of rotatable bonds is 4. The van der Waals surface area contributed by atoms with Gasteiger partial charge in [-0.1, -0.05) is 30.3 Å². The van der Waals surface area contributed by atoms with Gasteiger partial charge in [0.2, 0.25) is 0 Å². The number of aromatic amines is 1. The summed E-state index contributed by atoms with van der Waals surface area (Å²) in [5, 5.41) is 0.834. The number of benzene rings is 2. The van der Waals surface area contributed by atoms with Crippen molar-refractivity contribution in [3.8, 4) is 11.4 Å². The molecule has 2 aromatic carbocycles. The smallest absolute Gasteiger partial charge is 0.137 e. The van der Waals surface area contributed by atoms with Gasteiger partial charge in [-0.3, -0.25) is 4.90 Å². The molecule has 1 aliphatic rings. The maximum absolute atomic E-state index is 13.4. The lowest BCUT2D eigenvalue weighted by molar-refractivity contribution is 0.247. The van der Waals surface area contributed by atoms with Crippen molar-refractivity contribution in [1.82, 2.24) is 19.9 Å². The van der Waals surface area contributed by atoms with Gasteiger partial charge < -0.3 is 9.88 Å². The minimum Gasteiger partial charge on any atom is -0.354 e. The number of pyridine rings is 1. The third-order valence-corrected chi connectivity index (χ3v) is 5.40. The van der Waals surface area contributed by atoms with Gasteiger partial charge in [0.1, 0.15) is 17.5 Å². The summed E-state index contributed by atoms with van der Waals surface area (Å²) in [6.45, 7) is 4.61. The lowest BCUT2D eigenvalue weighted by Gasteiger charge is -2.35. The second-order valence-corrected chi connectivity index (χ2v) is 7.39. The highest BCUT2D eigenvalue weighted by molar-refractivity contribution is 5.80. The fourth-order valence-electron chi connectivity index (χ4n) is 3.82. The highest BCUT2D eigenvalue weighted by Crippen LogP contribution is 2.21. The Morgan fingerprint density at radius 1 is 0.931 bits per heavy atom. The van der Waals surface area contributed by atoms with Gasteiger partial charge in [-0.25, -0.2) is 14.4 Å². The van der Waals surface area contributed by atoms with Gasteiger partial charge in [0.05, 0.1) is 5.52 Å². The van der Waals surface area contributed by atoms with Crippen molar-refractivity contribution in [3.63, 3.8) is 0 Å². The van der Waals surface area contributed by atoms with Crippen LogP contribution in [0.3, 0.4) is 0 Å². The number of piperazine rings is 1. The fraction of sp³-hybridized carbons (Fsp3) is 0.217. The van der Waals surface area contributed by atoms with Crippen LogP contribution >= 0.6 is 0 Å². The number of nitrogens with zero attached hydrogens (tertiary/aromatic N) is 4. The predicted octanol–water partition coefficient (Wildman–Crippen LogP) is 4.09. The minimum atomic E-state index is -0.227. The first-order valence-corrected chi connectivity index (χ1v) is 9.87. The Balaban J connectivity index is 1.22. The van der Waals surface area contributed by atoms with E-state index in [4.69, 9.17) is 4.98 Å². The van der Waals surface area contributed by atoms with Crippen molar-refractivity contribution in [1.29, 1.82) is 0 Å². The van der Waals surface area contributed by atoms with Crippen molar-refractivity contribution in [3.05, 3.63) is 78.4 Å². The van der Waals surface area contributed by atoms with E-state index in [0.717, 1.165) is 66.5 Å². The Bertz CT molecular complexity index is 1120. The molecule has 1 aliphatic heterocycles. The van der Waals surface area contributed by atoms with Crippen LogP contribution in [-0.2, 0) is 6.54 Å². The quantitative estimate of drug-likeness (QED) is 0.573. The van der Waals surface area contributed by atoms with E-state index in [2.05, 4.69) is 31.9 Å². The molecule has 0 unspecified atom stereocenters. The van der Waals surface area contributed by atoms with Crippen LogP contribution in [0.2, 0.25) is 0 Å². The molecule has 1 N–H and O–H groups in total. The predicted molar refractivity (Wildman–Crippen MR) is 113 cm³/mol. The molecule has 0 radical (unpaired) electrons. The van der Waals surface area contributed by atoms with Gasteiger partial charge in [0.15, 0.2) is 0 Å². The van der Waals surface area contributed by atoms with Crippen LogP contribution < -0.4 is 4.90 Å². The maximum Gasteiger partial charge on any atom is 0.137 e. The molecule has 2 aromatic heterocycles. The molecule has 0 amide bonds. The van der Waals surface area contributed by atoms with Crippen LogP contribution in [0.4, 0.5) is 10.2 Å². The van der Waals surface area contributed by atoms with Gasteiger partial charge in [0, 0.05) is 55.6 Å². The first kappa shape index (κ1) is 17.8. The molecular weight excluding hydrogens is 365 g/mol. The molecule has 29 heavy (non-hydrogen) atoms. The number of hydrogen-bond acceptors (Lipinski definition) is 4. The van der Waals surface area contributed by atoms with Crippen LogP contribution in [0.25, 0.3) is 22.3 Å². The molecular formula is C23H22FN5. The normalized spacial score (nSPS) is 15.1. The van der Waals surface area contributed by atoms with Crippen molar-refractivity contribution in [2.75, 3.05) is 31.1 Å². The van der Waals surface area contributed by atoms with E-state index >= 15 is 0 Å². The number of anilines is 1. The minimum absolute atomic E-state index is 0.227. The number of H-pyrrole nitrogens is 1. The zero-order chi connectivity index (χ0) is 19.6. The second kappa shape index (κ2) is 7.64. The summed E-state index contributed by atoms with van der Waals surface area (Å²) in [4.78, 5) is 17.4. The Morgan fingerprint density at radius 2 is 1.76 bits per heavy atom. The van der Waals surface area contributed by atoms with E-state index in [9.17, 15) is 4.39 Å². The molecule has 0 spiro atoms. The van der Waals surface area contributed by atoms with Gasteiger partial charge in [-0.05, 0) is 30.3 Å². The molecule has 146 valence electrons. The average Bonchev–Trinajstić information content (AvgIpc) is 3.23. The van der Waals surface area contributed by atoms with Crippen molar-refractivity contribution < 1.29 is 4.39 Å². The Kier molecular flexibility index (Phi) is 4.69. The Labute approximate surface area is 168 Å². The van der Waals surface area contributed by atoms with Crippen LogP contribution in [0.5, 0.6) is 0 Å². The van der Waals surface area contributed by atoms with Crippen molar-refractivity contribution in [2.45, 2.75) is 6.54 Å². The standard InChI is InChI=1S/C23H22FN5/c24-19-7-8-21-18(14-19)6-9-22(27-21)29-12-10-28(11-13-29)16-20-15-25-23(26-20)17-4-2-1-3-5-17/h1-9,14-15H,10-13,16H2,(H,25,26). The first-order valence-electron chi connectivity index (χ1n) is 9.87. The van der Waals surface area contributed by atoms with E-state index in [1.54, 1.807) is 6.07 Å². The molecule has 1 saturated heterocycles. The molecule has 3 heterocycles. The third kappa shape index (κ3) is 3.84. The van der Waals surface area contributed by atoms with E-state index in [1.165, 1.54) is 12.1 Å².